The first-order valence-electron chi connectivity index (χ1n) is 8.86. The van der Waals surface area contributed by atoms with E-state index in [2.05, 4.69) is 15.6 Å². The molecule has 0 spiro atoms. The second-order valence-corrected chi connectivity index (χ2v) is 6.72. The zero-order chi connectivity index (χ0) is 17.5. The lowest BCUT2D eigenvalue weighted by Crippen LogP contribution is -2.40. The molecule has 1 saturated heterocycles. The molecule has 2 heterocycles. The lowest BCUT2D eigenvalue weighted by atomic mass is 10.0. The first-order chi connectivity index (χ1) is 12.3. The number of ether oxygens (including phenoxy) is 3. The van der Waals surface area contributed by atoms with Crippen molar-refractivity contribution in [3.05, 3.63) is 22.7 Å². The van der Waals surface area contributed by atoms with Crippen LogP contribution in [0.4, 0.5) is 0 Å². The number of halogens is 2. The minimum atomic E-state index is 0. The molecule has 1 aromatic carbocycles. The number of guanidine groups is 1. The van der Waals surface area contributed by atoms with E-state index in [0.29, 0.717) is 42.2 Å². The number of hydrogen-bond donors (Lipinski definition) is 2. The summed E-state index contributed by atoms with van der Waals surface area (Å²) in [6, 6.07) is 3.89. The van der Waals surface area contributed by atoms with Crippen LogP contribution in [-0.4, -0.2) is 46.0 Å². The fraction of sp³-hybridized carbons (Fsp3) is 0.611. The average molecular weight is 496 g/mol. The highest BCUT2D eigenvalue weighted by atomic mass is 127. The van der Waals surface area contributed by atoms with Gasteiger partial charge < -0.3 is 24.8 Å². The molecule has 0 bridgehead atoms. The van der Waals surface area contributed by atoms with Crippen molar-refractivity contribution in [1.29, 1.82) is 0 Å². The average Bonchev–Trinajstić information content (AvgIpc) is 2.88. The van der Waals surface area contributed by atoms with Gasteiger partial charge in [0.05, 0.1) is 18.2 Å². The van der Waals surface area contributed by atoms with E-state index in [0.717, 1.165) is 50.5 Å². The fourth-order valence-corrected chi connectivity index (χ4v) is 3.27. The van der Waals surface area contributed by atoms with Crippen LogP contribution in [-0.2, 0) is 11.3 Å². The number of benzene rings is 1. The molecule has 3 rings (SSSR count). The predicted octanol–water partition coefficient (Wildman–Crippen LogP) is 3.21. The van der Waals surface area contributed by atoms with Crippen molar-refractivity contribution >= 4 is 41.5 Å². The molecule has 6 nitrogen and oxygen atoms in total. The molecule has 0 radical (unpaired) electrons. The number of hydrogen-bond acceptors (Lipinski definition) is 4. The molecule has 0 unspecified atom stereocenters. The van der Waals surface area contributed by atoms with Crippen molar-refractivity contribution in [2.24, 2.45) is 10.9 Å². The van der Waals surface area contributed by atoms with Crippen LogP contribution in [0.2, 0.25) is 5.02 Å². The lowest BCUT2D eigenvalue weighted by Gasteiger charge is -2.23. The molecule has 146 valence electrons. The topological polar surface area (TPSA) is 64.1 Å². The highest BCUT2D eigenvalue weighted by Crippen LogP contribution is 2.37. The molecule has 0 amide bonds. The summed E-state index contributed by atoms with van der Waals surface area (Å²) in [6.45, 7) is 4.51. The monoisotopic (exact) mass is 495 g/mol. The quantitative estimate of drug-likeness (QED) is 0.382. The van der Waals surface area contributed by atoms with Crippen molar-refractivity contribution in [2.75, 3.05) is 40.0 Å². The molecule has 2 N–H and O–H groups in total. The van der Waals surface area contributed by atoms with E-state index in [9.17, 15) is 0 Å². The molecule has 0 saturated carbocycles. The van der Waals surface area contributed by atoms with E-state index in [1.165, 1.54) is 0 Å². The largest absolute Gasteiger partial charge is 0.489 e. The Bertz CT molecular complexity index is 610. The highest BCUT2D eigenvalue weighted by Gasteiger charge is 2.16. The Kier molecular flexibility index (Phi) is 9.07. The van der Waals surface area contributed by atoms with Gasteiger partial charge in [0.15, 0.2) is 17.5 Å². The summed E-state index contributed by atoms with van der Waals surface area (Å²) in [6.07, 6.45) is 3.06. The van der Waals surface area contributed by atoms with E-state index in [1.807, 2.05) is 12.1 Å². The van der Waals surface area contributed by atoms with Gasteiger partial charge in [-0.15, -0.1) is 24.0 Å². The van der Waals surface area contributed by atoms with Gasteiger partial charge in [0.1, 0.15) is 0 Å². The minimum Gasteiger partial charge on any atom is -0.489 e. The highest BCUT2D eigenvalue weighted by molar-refractivity contribution is 14.0. The molecule has 2 aliphatic heterocycles. The molecule has 2 aliphatic rings. The third-order valence-electron chi connectivity index (χ3n) is 4.44. The standard InChI is InChI=1S/C18H26ClN3O3.HI/c1-20-18(21-11-13-3-7-23-8-4-13)22-12-14-9-15(19)17-16(10-14)24-5-2-6-25-17;/h9-10,13H,2-8,11-12H2,1H3,(H2,20,21,22);1H. The number of aliphatic imine (C=N–C) groups is 1. The third kappa shape index (κ3) is 6.06. The van der Waals surface area contributed by atoms with Crippen molar-refractivity contribution in [3.63, 3.8) is 0 Å². The number of nitrogens with zero attached hydrogens (tertiary/aromatic N) is 1. The van der Waals surface area contributed by atoms with Crippen LogP contribution in [0, 0.1) is 5.92 Å². The summed E-state index contributed by atoms with van der Waals surface area (Å²) in [5, 5.41) is 7.30. The van der Waals surface area contributed by atoms with Gasteiger partial charge >= 0.3 is 0 Å². The summed E-state index contributed by atoms with van der Waals surface area (Å²) in [7, 11) is 1.78. The normalized spacial score (nSPS) is 17.8. The van der Waals surface area contributed by atoms with Crippen molar-refractivity contribution < 1.29 is 14.2 Å². The first-order valence-corrected chi connectivity index (χ1v) is 9.24. The van der Waals surface area contributed by atoms with Crippen molar-refractivity contribution in [1.82, 2.24) is 10.6 Å². The summed E-state index contributed by atoms with van der Waals surface area (Å²) in [4.78, 5) is 4.29. The van der Waals surface area contributed by atoms with E-state index < -0.39 is 0 Å². The number of fused-ring (bicyclic) bond motifs is 1. The molecule has 0 atom stereocenters. The van der Waals surface area contributed by atoms with Crippen molar-refractivity contribution in [2.45, 2.75) is 25.8 Å². The van der Waals surface area contributed by atoms with E-state index in [-0.39, 0.29) is 24.0 Å². The molecule has 1 fully saturated rings. The summed E-state index contributed by atoms with van der Waals surface area (Å²) >= 11 is 6.34. The molecular formula is C18H27ClIN3O3. The minimum absolute atomic E-state index is 0. The Morgan fingerprint density at radius 1 is 1.15 bits per heavy atom. The van der Waals surface area contributed by atoms with Gasteiger partial charge in [0, 0.05) is 39.8 Å². The van der Waals surface area contributed by atoms with Crippen LogP contribution in [0.5, 0.6) is 11.5 Å². The maximum Gasteiger partial charge on any atom is 0.191 e. The fourth-order valence-electron chi connectivity index (χ4n) is 2.98. The van der Waals surface area contributed by atoms with Crippen molar-refractivity contribution in [3.8, 4) is 11.5 Å². The Labute approximate surface area is 177 Å². The Morgan fingerprint density at radius 3 is 2.69 bits per heavy atom. The number of nitrogens with one attached hydrogen (secondary N) is 2. The molecule has 8 heteroatoms. The summed E-state index contributed by atoms with van der Waals surface area (Å²) < 4.78 is 16.8. The second kappa shape index (κ2) is 11.0. The van der Waals surface area contributed by atoms with Crippen LogP contribution < -0.4 is 20.1 Å². The molecule has 1 aromatic rings. The van der Waals surface area contributed by atoms with Gasteiger partial charge in [0.2, 0.25) is 0 Å². The van der Waals surface area contributed by atoms with Crippen LogP contribution in [0.1, 0.15) is 24.8 Å². The van der Waals surface area contributed by atoms with E-state index in [4.69, 9.17) is 25.8 Å². The lowest BCUT2D eigenvalue weighted by molar-refractivity contribution is 0.0675. The van der Waals surface area contributed by atoms with Gasteiger partial charge in [-0.2, -0.15) is 0 Å². The van der Waals surface area contributed by atoms with Gasteiger partial charge in [0.25, 0.3) is 0 Å². The Balaban J connectivity index is 0.00000243. The van der Waals surface area contributed by atoms with Gasteiger partial charge in [-0.1, -0.05) is 11.6 Å². The van der Waals surface area contributed by atoms with E-state index >= 15 is 0 Å². The van der Waals surface area contributed by atoms with Gasteiger partial charge in [-0.25, -0.2) is 0 Å². The third-order valence-corrected chi connectivity index (χ3v) is 4.73. The maximum atomic E-state index is 6.34. The maximum absolute atomic E-state index is 6.34. The summed E-state index contributed by atoms with van der Waals surface area (Å²) in [5.74, 6) is 2.78. The van der Waals surface area contributed by atoms with Crippen LogP contribution in [0.3, 0.4) is 0 Å². The Morgan fingerprint density at radius 2 is 1.92 bits per heavy atom. The zero-order valence-corrected chi connectivity index (χ0v) is 18.1. The molecule has 0 aliphatic carbocycles. The molecular weight excluding hydrogens is 469 g/mol. The number of rotatable bonds is 4. The second-order valence-electron chi connectivity index (χ2n) is 6.32. The SMILES string of the molecule is CN=C(NCc1cc(Cl)c2c(c1)OCCCO2)NCC1CCOCC1.I. The molecule has 0 aromatic heterocycles. The van der Waals surface area contributed by atoms with Gasteiger partial charge in [-0.05, 0) is 36.5 Å². The Hall–Kier alpha value is -0.930. The smallest absolute Gasteiger partial charge is 0.191 e. The van der Waals surface area contributed by atoms with Gasteiger partial charge in [-0.3, -0.25) is 4.99 Å². The van der Waals surface area contributed by atoms with Crippen LogP contribution in [0.25, 0.3) is 0 Å². The predicted molar refractivity (Wildman–Crippen MR) is 114 cm³/mol. The zero-order valence-electron chi connectivity index (χ0n) is 15.1. The van der Waals surface area contributed by atoms with E-state index in [1.54, 1.807) is 7.05 Å². The summed E-state index contributed by atoms with van der Waals surface area (Å²) in [5.41, 5.74) is 1.03. The van der Waals surface area contributed by atoms with Crippen LogP contribution in [0.15, 0.2) is 17.1 Å². The molecule has 26 heavy (non-hydrogen) atoms. The first kappa shape index (κ1) is 21.4. The van der Waals surface area contributed by atoms with Crippen LogP contribution >= 0.6 is 35.6 Å².